The molecule has 0 spiro atoms. The Bertz CT molecular complexity index is 555. The van der Waals surface area contributed by atoms with Crippen molar-refractivity contribution in [1.29, 1.82) is 0 Å². The largest absolute Gasteiger partial charge is 0.324 e. The van der Waals surface area contributed by atoms with Crippen molar-refractivity contribution in [2.75, 3.05) is 5.32 Å². The second kappa shape index (κ2) is 5.69. The minimum Gasteiger partial charge on any atom is -0.324 e. The van der Waals surface area contributed by atoms with Gasteiger partial charge in [0, 0.05) is 11.9 Å². The molecule has 100 valence electrons. The van der Waals surface area contributed by atoms with E-state index in [-0.39, 0.29) is 12.5 Å². The molecule has 1 N–H and O–H groups in total. The fraction of sp³-hybridized carbons (Fsp3) is 0.333. The quantitative estimate of drug-likeness (QED) is 0.915. The van der Waals surface area contributed by atoms with Crippen LogP contribution in [0.1, 0.15) is 30.9 Å². The number of nitrogens with zero attached hydrogens (tertiary/aromatic N) is 2. The minimum atomic E-state index is -0.0691. The number of carbonyl (C=O) groups is 1. The number of aromatic nitrogens is 2. The highest BCUT2D eigenvalue weighted by Crippen LogP contribution is 2.17. The van der Waals surface area contributed by atoms with Gasteiger partial charge in [-0.3, -0.25) is 9.48 Å². The SMILES string of the molecule is Cc1cnn(CC(=O)Nc2ccc(C(C)C)cc2)c1. The van der Waals surface area contributed by atoms with Gasteiger partial charge in [0.15, 0.2) is 0 Å². The molecule has 0 aliphatic carbocycles. The Morgan fingerprint density at radius 2 is 2.00 bits per heavy atom. The molecular formula is C15H19N3O. The number of carbonyl (C=O) groups excluding carboxylic acids is 1. The zero-order valence-electron chi connectivity index (χ0n) is 11.6. The molecule has 1 aromatic heterocycles. The minimum absolute atomic E-state index is 0.0691. The molecule has 0 fully saturated rings. The molecule has 0 saturated heterocycles. The molecule has 1 heterocycles. The number of nitrogens with one attached hydrogen (secondary N) is 1. The van der Waals surface area contributed by atoms with E-state index in [1.165, 1.54) is 5.56 Å². The molecule has 1 aromatic carbocycles. The highest BCUT2D eigenvalue weighted by Gasteiger charge is 2.05. The van der Waals surface area contributed by atoms with Crippen LogP contribution in [-0.2, 0) is 11.3 Å². The van der Waals surface area contributed by atoms with Crippen molar-refractivity contribution in [2.45, 2.75) is 33.2 Å². The van der Waals surface area contributed by atoms with E-state index < -0.39 is 0 Å². The van der Waals surface area contributed by atoms with Crippen molar-refractivity contribution < 1.29 is 4.79 Å². The highest BCUT2D eigenvalue weighted by atomic mass is 16.2. The summed E-state index contributed by atoms with van der Waals surface area (Å²) in [5.74, 6) is 0.428. The molecule has 0 atom stereocenters. The second-order valence-electron chi connectivity index (χ2n) is 5.04. The standard InChI is InChI=1S/C15H19N3O/c1-11(2)13-4-6-14(7-5-13)17-15(19)10-18-9-12(3)8-16-18/h4-9,11H,10H2,1-3H3,(H,17,19). The van der Waals surface area contributed by atoms with Crippen molar-refractivity contribution >= 4 is 11.6 Å². The van der Waals surface area contributed by atoms with Gasteiger partial charge in [0.2, 0.25) is 5.91 Å². The third-order valence-electron chi connectivity index (χ3n) is 2.93. The van der Waals surface area contributed by atoms with Gasteiger partial charge in [0.1, 0.15) is 6.54 Å². The van der Waals surface area contributed by atoms with Crippen LogP contribution < -0.4 is 5.32 Å². The first-order valence-electron chi connectivity index (χ1n) is 6.43. The summed E-state index contributed by atoms with van der Waals surface area (Å²) in [6.07, 6.45) is 3.59. The lowest BCUT2D eigenvalue weighted by molar-refractivity contribution is -0.116. The Hall–Kier alpha value is -2.10. The number of hydrogen-bond acceptors (Lipinski definition) is 2. The van der Waals surface area contributed by atoms with Gasteiger partial charge in [-0.15, -0.1) is 0 Å². The Kier molecular flexibility index (Phi) is 4.00. The zero-order chi connectivity index (χ0) is 13.8. The van der Waals surface area contributed by atoms with Crippen LogP contribution in [0.4, 0.5) is 5.69 Å². The first-order valence-corrected chi connectivity index (χ1v) is 6.43. The zero-order valence-corrected chi connectivity index (χ0v) is 11.6. The molecule has 2 aromatic rings. The van der Waals surface area contributed by atoms with Crippen molar-refractivity contribution in [3.63, 3.8) is 0 Å². The molecule has 0 bridgehead atoms. The molecule has 0 unspecified atom stereocenters. The summed E-state index contributed by atoms with van der Waals surface area (Å²) in [5, 5.41) is 6.96. The average molecular weight is 257 g/mol. The number of aryl methyl sites for hydroxylation is 1. The van der Waals surface area contributed by atoms with Gasteiger partial charge in [0.25, 0.3) is 0 Å². The maximum Gasteiger partial charge on any atom is 0.246 e. The molecule has 0 saturated carbocycles. The van der Waals surface area contributed by atoms with Crippen molar-refractivity contribution in [1.82, 2.24) is 9.78 Å². The number of anilines is 1. The first kappa shape index (κ1) is 13.3. The van der Waals surface area contributed by atoms with E-state index in [0.29, 0.717) is 5.92 Å². The third kappa shape index (κ3) is 3.68. The lowest BCUT2D eigenvalue weighted by atomic mass is 10.0. The van der Waals surface area contributed by atoms with Gasteiger partial charge in [0.05, 0.1) is 6.20 Å². The Morgan fingerprint density at radius 1 is 1.32 bits per heavy atom. The van der Waals surface area contributed by atoms with E-state index in [4.69, 9.17) is 0 Å². The van der Waals surface area contributed by atoms with E-state index in [0.717, 1.165) is 11.3 Å². The molecular weight excluding hydrogens is 238 g/mol. The van der Waals surface area contributed by atoms with Gasteiger partial charge < -0.3 is 5.32 Å². The van der Waals surface area contributed by atoms with Crippen LogP contribution in [-0.4, -0.2) is 15.7 Å². The van der Waals surface area contributed by atoms with Gasteiger partial charge in [-0.1, -0.05) is 26.0 Å². The van der Waals surface area contributed by atoms with Crippen LogP contribution in [0.25, 0.3) is 0 Å². The molecule has 4 nitrogen and oxygen atoms in total. The van der Waals surface area contributed by atoms with E-state index in [1.54, 1.807) is 10.9 Å². The van der Waals surface area contributed by atoms with Crippen LogP contribution >= 0.6 is 0 Å². The van der Waals surface area contributed by atoms with Gasteiger partial charge in [-0.05, 0) is 36.1 Å². The smallest absolute Gasteiger partial charge is 0.246 e. The van der Waals surface area contributed by atoms with Crippen LogP contribution in [0.2, 0.25) is 0 Å². The highest BCUT2D eigenvalue weighted by molar-refractivity contribution is 5.90. The summed E-state index contributed by atoms with van der Waals surface area (Å²) in [6.45, 7) is 6.48. The Morgan fingerprint density at radius 3 is 2.53 bits per heavy atom. The Balaban J connectivity index is 1.95. The number of hydrogen-bond donors (Lipinski definition) is 1. The Labute approximate surface area is 113 Å². The van der Waals surface area contributed by atoms with Crippen LogP contribution in [0.5, 0.6) is 0 Å². The monoisotopic (exact) mass is 257 g/mol. The lowest BCUT2D eigenvalue weighted by Crippen LogP contribution is -2.18. The first-order chi connectivity index (χ1) is 9.04. The van der Waals surface area contributed by atoms with Gasteiger partial charge >= 0.3 is 0 Å². The summed E-state index contributed by atoms with van der Waals surface area (Å²) in [5.41, 5.74) is 3.13. The maximum atomic E-state index is 11.8. The number of amides is 1. The van der Waals surface area contributed by atoms with Crippen molar-refractivity contribution in [3.8, 4) is 0 Å². The molecule has 0 aliphatic heterocycles. The summed E-state index contributed by atoms with van der Waals surface area (Å²) in [6, 6.07) is 7.94. The van der Waals surface area contributed by atoms with Crippen molar-refractivity contribution in [2.24, 2.45) is 0 Å². The van der Waals surface area contributed by atoms with E-state index in [9.17, 15) is 4.79 Å². The molecule has 19 heavy (non-hydrogen) atoms. The average Bonchev–Trinajstić information content (AvgIpc) is 2.75. The van der Waals surface area contributed by atoms with Crippen LogP contribution in [0.15, 0.2) is 36.7 Å². The van der Waals surface area contributed by atoms with E-state index >= 15 is 0 Å². The van der Waals surface area contributed by atoms with Crippen molar-refractivity contribution in [3.05, 3.63) is 47.8 Å². The molecule has 0 aliphatic rings. The van der Waals surface area contributed by atoms with Gasteiger partial charge in [-0.25, -0.2) is 0 Å². The van der Waals surface area contributed by atoms with Crippen LogP contribution in [0, 0.1) is 6.92 Å². The predicted octanol–water partition coefficient (Wildman–Crippen LogP) is 2.95. The van der Waals surface area contributed by atoms with E-state index in [1.807, 2.05) is 37.4 Å². The van der Waals surface area contributed by atoms with Gasteiger partial charge in [-0.2, -0.15) is 5.10 Å². The maximum absolute atomic E-state index is 11.8. The third-order valence-corrected chi connectivity index (χ3v) is 2.93. The summed E-state index contributed by atoms with van der Waals surface area (Å²) < 4.78 is 1.63. The number of rotatable bonds is 4. The van der Waals surface area contributed by atoms with E-state index in [2.05, 4.69) is 24.3 Å². The summed E-state index contributed by atoms with van der Waals surface area (Å²) in [7, 11) is 0. The number of benzene rings is 1. The molecule has 1 amide bonds. The molecule has 2 rings (SSSR count). The molecule has 0 radical (unpaired) electrons. The topological polar surface area (TPSA) is 46.9 Å². The summed E-state index contributed by atoms with van der Waals surface area (Å²) in [4.78, 5) is 11.8. The second-order valence-corrected chi connectivity index (χ2v) is 5.04. The van der Waals surface area contributed by atoms with Crippen LogP contribution in [0.3, 0.4) is 0 Å². The fourth-order valence-electron chi connectivity index (χ4n) is 1.85. The normalized spacial score (nSPS) is 10.7. The summed E-state index contributed by atoms with van der Waals surface area (Å²) >= 11 is 0. The fourth-order valence-corrected chi connectivity index (χ4v) is 1.85. The molecule has 4 heteroatoms. The lowest BCUT2D eigenvalue weighted by Gasteiger charge is -2.08. The predicted molar refractivity (Wildman–Crippen MR) is 76.1 cm³/mol.